The first-order valence-corrected chi connectivity index (χ1v) is 6.28. The van der Waals surface area contributed by atoms with Gasteiger partial charge in [0.05, 0.1) is 7.11 Å². The molecule has 1 aliphatic heterocycles. The Morgan fingerprint density at radius 1 is 1.35 bits per heavy atom. The minimum absolute atomic E-state index is 0.252. The highest BCUT2D eigenvalue weighted by atomic mass is 16.5. The van der Waals surface area contributed by atoms with Gasteiger partial charge in [-0.2, -0.15) is 0 Å². The molecule has 2 N–H and O–H groups in total. The van der Waals surface area contributed by atoms with E-state index >= 15 is 0 Å². The monoisotopic (exact) mass is 235 g/mol. The lowest BCUT2D eigenvalue weighted by molar-refractivity contribution is 0.364. The van der Waals surface area contributed by atoms with Crippen molar-refractivity contribution in [3.63, 3.8) is 0 Å². The zero-order valence-corrected chi connectivity index (χ0v) is 10.6. The van der Waals surface area contributed by atoms with Gasteiger partial charge in [-0.1, -0.05) is 0 Å². The zero-order valence-electron chi connectivity index (χ0n) is 10.6. The highest BCUT2D eigenvalue weighted by Gasteiger charge is 2.16. The summed E-state index contributed by atoms with van der Waals surface area (Å²) in [5.41, 5.74) is 2.45. The average Bonchev–Trinajstić information content (AvgIpc) is 2.34. The van der Waals surface area contributed by atoms with Crippen molar-refractivity contribution >= 4 is 0 Å². The fourth-order valence-electron chi connectivity index (χ4n) is 2.49. The Labute approximate surface area is 103 Å². The van der Waals surface area contributed by atoms with Gasteiger partial charge in [-0.3, -0.25) is 0 Å². The first kappa shape index (κ1) is 12.2. The quantitative estimate of drug-likeness (QED) is 0.844. The minimum Gasteiger partial charge on any atom is -0.504 e. The predicted molar refractivity (Wildman–Crippen MR) is 68.7 cm³/mol. The second-order valence-corrected chi connectivity index (χ2v) is 4.85. The molecule has 0 unspecified atom stereocenters. The summed E-state index contributed by atoms with van der Waals surface area (Å²) in [6.07, 6.45) is 3.52. The van der Waals surface area contributed by atoms with Gasteiger partial charge in [0.25, 0.3) is 0 Å². The van der Waals surface area contributed by atoms with Gasteiger partial charge in [0.1, 0.15) is 0 Å². The first-order chi connectivity index (χ1) is 8.20. The Bertz CT molecular complexity index is 384. The van der Waals surface area contributed by atoms with E-state index in [2.05, 4.69) is 12.2 Å². The largest absolute Gasteiger partial charge is 0.504 e. The molecule has 0 saturated carbocycles. The number of hydrogen-bond donors (Lipinski definition) is 2. The summed E-state index contributed by atoms with van der Waals surface area (Å²) in [4.78, 5) is 0. The molecule has 1 saturated heterocycles. The van der Waals surface area contributed by atoms with E-state index < -0.39 is 0 Å². The van der Waals surface area contributed by atoms with Crippen LogP contribution >= 0.6 is 0 Å². The van der Waals surface area contributed by atoms with Gasteiger partial charge in [0.15, 0.2) is 11.5 Å². The number of aromatic hydroxyl groups is 1. The Kier molecular flexibility index (Phi) is 3.89. The van der Waals surface area contributed by atoms with Crippen molar-refractivity contribution in [1.29, 1.82) is 0 Å². The summed E-state index contributed by atoms with van der Waals surface area (Å²) in [7, 11) is 1.58. The molecule has 1 aromatic rings. The molecule has 17 heavy (non-hydrogen) atoms. The van der Waals surface area contributed by atoms with Crippen molar-refractivity contribution in [1.82, 2.24) is 5.32 Å². The van der Waals surface area contributed by atoms with Crippen LogP contribution in [0.3, 0.4) is 0 Å². The van der Waals surface area contributed by atoms with Gasteiger partial charge < -0.3 is 15.2 Å². The molecule has 0 spiro atoms. The van der Waals surface area contributed by atoms with E-state index in [1.54, 1.807) is 7.11 Å². The van der Waals surface area contributed by atoms with E-state index in [-0.39, 0.29) is 5.75 Å². The van der Waals surface area contributed by atoms with Crippen molar-refractivity contribution in [2.75, 3.05) is 20.2 Å². The van der Waals surface area contributed by atoms with Crippen LogP contribution in [-0.2, 0) is 6.42 Å². The molecule has 0 radical (unpaired) electrons. The second-order valence-electron chi connectivity index (χ2n) is 4.85. The van der Waals surface area contributed by atoms with Gasteiger partial charge in [-0.15, -0.1) is 0 Å². The zero-order chi connectivity index (χ0) is 12.3. The molecule has 0 aliphatic carbocycles. The SMILES string of the molecule is COc1cc(C)c(CC2CCNCC2)cc1O. The lowest BCUT2D eigenvalue weighted by Gasteiger charge is -2.23. The summed E-state index contributed by atoms with van der Waals surface area (Å²) in [6, 6.07) is 3.78. The molecular weight excluding hydrogens is 214 g/mol. The molecule has 94 valence electrons. The molecule has 3 nitrogen and oxygen atoms in total. The van der Waals surface area contributed by atoms with E-state index in [1.165, 1.54) is 24.0 Å². The number of phenolic OH excluding ortho intramolecular Hbond substituents is 1. The van der Waals surface area contributed by atoms with E-state index in [1.807, 2.05) is 12.1 Å². The smallest absolute Gasteiger partial charge is 0.160 e. The molecular formula is C14H21NO2. The Morgan fingerprint density at radius 2 is 2.06 bits per heavy atom. The number of nitrogens with one attached hydrogen (secondary N) is 1. The number of hydrogen-bond acceptors (Lipinski definition) is 3. The number of ether oxygens (including phenoxy) is 1. The topological polar surface area (TPSA) is 41.5 Å². The standard InChI is InChI=1S/C14H21NO2/c1-10-7-14(17-2)13(16)9-12(10)8-11-3-5-15-6-4-11/h7,9,11,15-16H,3-6,8H2,1-2H3. The number of rotatable bonds is 3. The summed E-state index contributed by atoms with van der Waals surface area (Å²) < 4.78 is 5.11. The molecule has 1 aromatic carbocycles. The van der Waals surface area contributed by atoms with Gasteiger partial charge in [0, 0.05) is 0 Å². The second kappa shape index (κ2) is 5.41. The molecule has 0 atom stereocenters. The molecule has 0 aromatic heterocycles. The van der Waals surface area contributed by atoms with E-state index in [9.17, 15) is 5.11 Å². The van der Waals surface area contributed by atoms with Gasteiger partial charge >= 0.3 is 0 Å². The maximum Gasteiger partial charge on any atom is 0.160 e. The van der Waals surface area contributed by atoms with Gasteiger partial charge in [-0.05, 0) is 68.5 Å². The third-order valence-electron chi connectivity index (χ3n) is 3.60. The minimum atomic E-state index is 0.252. The van der Waals surface area contributed by atoms with Crippen LogP contribution in [0.2, 0.25) is 0 Å². The molecule has 0 bridgehead atoms. The van der Waals surface area contributed by atoms with Crippen molar-refractivity contribution in [2.24, 2.45) is 5.92 Å². The third-order valence-corrected chi connectivity index (χ3v) is 3.60. The third kappa shape index (κ3) is 2.91. The number of phenols is 1. The van der Waals surface area contributed by atoms with Gasteiger partial charge in [-0.25, -0.2) is 0 Å². The Morgan fingerprint density at radius 3 is 2.71 bits per heavy atom. The van der Waals surface area contributed by atoms with Crippen LogP contribution in [0.25, 0.3) is 0 Å². The lowest BCUT2D eigenvalue weighted by Crippen LogP contribution is -2.28. The normalized spacial score (nSPS) is 17.1. The van der Waals surface area contributed by atoms with Crippen molar-refractivity contribution in [3.05, 3.63) is 23.3 Å². The molecule has 1 fully saturated rings. The number of piperidine rings is 1. The van der Waals surface area contributed by atoms with E-state index in [0.717, 1.165) is 25.4 Å². The Hall–Kier alpha value is -1.22. The van der Waals surface area contributed by atoms with Crippen LogP contribution in [0.5, 0.6) is 11.5 Å². The molecule has 1 aliphatic rings. The number of benzene rings is 1. The molecule has 2 rings (SSSR count). The van der Waals surface area contributed by atoms with Crippen molar-refractivity contribution < 1.29 is 9.84 Å². The highest BCUT2D eigenvalue weighted by Crippen LogP contribution is 2.31. The molecule has 3 heteroatoms. The lowest BCUT2D eigenvalue weighted by atomic mass is 9.89. The van der Waals surface area contributed by atoms with E-state index in [0.29, 0.717) is 5.75 Å². The van der Waals surface area contributed by atoms with Crippen molar-refractivity contribution in [2.45, 2.75) is 26.2 Å². The maximum absolute atomic E-state index is 9.81. The fourth-order valence-corrected chi connectivity index (χ4v) is 2.49. The average molecular weight is 235 g/mol. The summed E-state index contributed by atoms with van der Waals surface area (Å²) in [5, 5.41) is 13.2. The molecule has 1 heterocycles. The highest BCUT2D eigenvalue weighted by molar-refractivity contribution is 5.46. The Balaban J connectivity index is 2.12. The van der Waals surface area contributed by atoms with Crippen LogP contribution < -0.4 is 10.1 Å². The fraction of sp³-hybridized carbons (Fsp3) is 0.571. The summed E-state index contributed by atoms with van der Waals surface area (Å²) in [6.45, 7) is 4.32. The van der Waals surface area contributed by atoms with Crippen LogP contribution in [0, 0.1) is 12.8 Å². The van der Waals surface area contributed by atoms with Crippen LogP contribution in [0.4, 0.5) is 0 Å². The van der Waals surface area contributed by atoms with Crippen LogP contribution in [0.15, 0.2) is 12.1 Å². The predicted octanol–water partition coefficient (Wildman–Crippen LogP) is 2.25. The summed E-state index contributed by atoms with van der Waals surface area (Å²) in [5.74, 6) is 1.56. The van der Waals surface area contributed by atoms with Crippen LogP contribution in [-0.4, -0.2) is 25.3 Å². The summed E-state index contributed by atoms with van der Waals surface area (Å²) >= 11 is 0. The van der Waals surface area contributed by atoms with Crippen LogP contribution in [0.1, 0.15) is 24.0 Å². The van der Waals surface area contributed by atoms with Gasteiger partial charge in [0.2, 0.25) is 0 Å². The van der Waals surface area contributed by atoms with E-state index in [4.69, 9.17) is 4.74 Å². The molecule has 0 amide bonds. The van der Waals surface area contributed by atoms with Crippen molar-refractivity contribution in [3.8, 4) is 11.5 Å². The number of aryl methyl sites for hydroxylation is 1. The number of methoxy groups -OCH3 is 1. The maximum atomic E-state index is 9.81. The first-order valence-electron chi connectivity index (χ1n) is 6.28.